The number of fused-ring (bicyclic) bond motifs is 1. The molecule has 0 atom stereocenters. The Kier molecular flexibility index (Phi) is 4.85. The van der Waals surface area contributed by atoms with E-state index < -0.39 is 11.5 Å². The second kappa shape index (κ2) is 7.63. The van der Waals surface area contributed by atoms with Crippen molar-refractivity contribution < 1.29 is 9.21 Å². The summed E-state index contributed by atoms with van der Waals surface area (Å²) in [6, 6.07) is 13.9. The number of aromatic nitrogens is 3. The zero-order chi connectivity index (χ0) is 21.3. The van der Waals surface area contributed by atoms with Crippen molar-refractivity contribution >= 4 is 22.8 Å². The Hall–Kier alpha value is -4.27. The molecule has 4 aromatic rings. The summed E-state index contributed by atoms with van der Waals surface area (Å²) in [5.41, 5.74) is 5.98. The van der Waals surface area contributed by atoms with E-state index in [-0.39, 0.29) is 28.2 Å². The minimum atomic E-state index is -0.574. The van der Waals surface area contributed by atoms with Crippen molar-refractivity contribution in [3.8, 4) is 11.3 Å². The van der Waals surface area contributed by atoms with Gasteiger partial charge in [-0.2, -0.15) is 0 Å². The van der Waals surface area contributed by atoms with Crippen LogP contribution in [0.5, 0.6) is 0 Å². The van der Waals surface area contributed by atoms with E-state index in [1.165, 1.54) is 13.0 Å². The Labute approximate surface area is 169 Å². The summed E-state index contributed by atoms with van der Waals surface area (Å²) in [6.45, 7) is 3.20. The first-order valence-electron chi connectivity index (χ1n) is 9.07. The van der Waals surface area contributed by atoms with Gasteiger partial charge in [-0.15, -0.1) is 10.2 Å². The molecule has 3 N–H and O–H groups in total. The lowest BCUT2D eigenvalue weighted by molar-refractivity contribution is 0.0963. The number of hydrogen-bond acceptors (Lipinski definition) is 7. The van der Waals surface area contributed by atoms with Crippen molar-refractivity contribution in [2.75, 3.05) is 5.43 Å². The smallest absolute Gasteiger partial charge is 0.274 e. The minimum absolute atomic E-state index is 0.0264. The van der Waals surface area contributed by atoms with Gasteiger partial charge in [-0.05, 0) is 26.0 Å². The van der Waals surface area contributed by atoms with Crippen molar-refractivity contribution in [3.63, 3.8) is 0 Å². The molecule has 4 rings (SSSR count). The highest BCUT2D eigenvalue weighted by Gasteiger charge is 2.18. The van der Waals surface area contributed by atoms with Gasteiger partial charge in [-0.3, -0.25) is 30.2 Å². The Balaban J connectivity index is 1.74. The Morgan fingerprint density at radius 2 is 1.77 bits per heavy atom. The number of para-hydroxylation sites is 1. The van der Waals surface area contributed by atoms with Gasteiger partial charge >= 0.3 is 0 Å². The largest absolute Gasteiger partial charge is 0.455 e. The van der Waals surface area contributed by atoms with E-state index in [9.17, 15) is 14.4 Å². The van der Waals surface area contributed by atoms with E-state index in [4.69, 9.17) is 4.42 Å². The predicted octanol–water partition coefficient (Wildman–Crippen LogP) is 2.31. The Bertz CT molecular complexity index is 1380. The SMILES string of the molecule is Cc1nnc(NNC(=O)c2cccc3c(=O)c(C)c(-c4ccccc4)oc23)[nH]c1=O. The van der Waals surface area contributed by atoms with Crippen molar-refractivity contribution in [2.24, 2.45) is 0 Å². The number of nitrogens with one attached hydrogen (secondary N) is 3. The summed E-state index contributed by atoms with van der Waals surface area (Å²) >= 11 is 0. The monoisotopic (exact) mass is 403 g/mol. The number of carbonyl (C=O) groups is 1. The summed E-state index contributed by atoms with van der Waals surface area (Å²) in [4.78, 5) is 39.7. The summed E-state index contributed by atoms with van der Waals surface area (Å²) < 4.78 is 6.02. The fourth-order valence-corrected chi connectivity index (χ4v) is 2.99. The van der Waals surface area contributed by atoms with Gasteiger partial charge in [-0.1, -0.05) is 36.4 Å². The first-order chi connectivity index (χ1) is 14.5. The maximum absolute atomic E-state index is 12.9. The molecule has 0 radical (unpaired) electrons. The summed E-state index contributed by atoms with van der Waals surface area (Å²) in [7, 11) is 0. The van der Waals surface area contributed by atoms with E-state index in [2.05, 4.69) is 26.0 Å². The van der Waals surface area contributed by atoms with Gasteiger partial charge in [0, 0.05) is 11.1 Å². The van der Waals surface area contributed by atoms with E-state index in [0.29, 0.717) is 16.7 Å². The number of H-pyrrole nitrogens is 1. The van der Waals surface area contributed by atoms with Crippen LogP contribution in [-0.4, -0.2) is 21.1 Å². The number of rotatable bonds is 4. The van der Waals surface area contributed by atoms with Crippen LogP contribution in [0.25, 0.3) is 22.3 Å². The number of amides is 1. The molecule has 0 unspecified atom stereocenters. The first-order valence-corrected chi connectivity index (χ1v) is 9.07. The lowest BCUT2D eigenvalue weighted by Gasteiger charge is -2.11. The van der Waals surface area contributed by atoms with Crippen LogP contribution in [0.2, 0.25) is 0 Å². The molecule has 150 valence electrons. The Morgan fingerprint density at radius 3 is 2.50 bits per heavy atom. The molecule has 2 aromatic heterocycles. The van der Waals surface area contributed by atoms with Crippen LogP contribution in [0.4, 0.5) is 5.95 Å². The fourth-order valence-electron chi connectivity index (χ4n) is 2.99. The third-order valence-corrected chi connectivity index (χ3v) is 4.58. The number of hydrogen-bond donors (Lipinski definition) is 3. The molecule has 0 aliphatic heterocycles. The molecule has 9 nitrogen and oxygen atoms in total. The third-order valence-electron chi connectivity index (χ3n) is 4.58. The molecule has 2 heterocycles. The quantitative estimate of drug-likeness (QED) is 0.446. The van der Waals surface area contributed by atoms with Gasteiger partial charge in [0.05, 0.1) is 10.9 Å². The van der Waals surface area contributed by atoms with Crippen LogP contribution < -0.4 is 21.8 Å². The van der Waals surface area contributed by atoms with Crippen LogP contribution in [0.1, 0.15) is 21.6 Å². The molecule has 0 bridgehead atoms. The van der Waals surface area contributed by atoms with Crippen LogP contribution in [0.3, 0.4) is 0 Å². The van der Waals surface area contributed by atoms with Gasteiger partial charge < -0.3 is 4.42 Å². The lowest BCUT2D eigenvalue weighted by atomic mass is 10.0. The molecule has 9 heteroatoms. The minimum Gasteiger partial charge on any atom is -0.455 e. The first kappa shape index (κ1) is 19.1. The zero-order valence-electron chi connectivity index (χ0n) is 16.1. The highest BCUT2D eigenvalue weighted by molar-refractivity contribution is 6.05. The predicted molar refractivity (Wildman–Crippen MR) is 111 cm³/mol. The van der Waals surface area contributed by atoms with E-state index in [1.54, 1.807) is 19.1 Å². The van der Waals surface area contributed by atoms with Crippen molar-refractivity contribution in [1.82, 2.24) is 20.6 Å². The number of aromatic amines is 1. The van der Waals surface area contributed by atoms with E-state index in [1.807, 2.05) is 30.3 Å². The van der Waals surface area contributed by atoms with Gasteiger partial charge in [-0.25, -0.2) is 0 Å². The van der Waals surface area contributed by atoms with Crippen LogP contribution in [-0.2, 0) is 0 Å². The van der Waals surface area contributed by atoms with Crippen molar-refractivity contribution in [2.45, 2.75) is 13.8 Å². The summed E-state index contributed by atoms with van der Waals surface area (Å²) in [5.74, 6) is -0.202. The summed E-state index contributed by atoms with van der Waals surface area (Å²) in [5, 5.41) is 7.71. The average Bonchev–Trinajstić information content (AvgIpc) is 2.77. The molecule has 0 aliphatic carbocycles. The second-order valence-corrected chi connectivity index (χ2v) is 6.60. The van der Waals surface area contributed by atoms with Crippen LogP contribution in [0, 0.1) is 13.8 Å². The maximum Gasteiger partial charge on any atom is 0.274 e. The number of benzene rings is 2. The molecule has 0 fully saturated rings. The third kappa shape index (κ3) is 3.44. The van der Waals surface area contributed by atoms with E-state index >= 15 is 0 Å². The van der Waals surface area contributed by atoms with E-state index in [0.717, 1.165) is 5.56 Å². The molecule has 2 aromatic carbocycles. The molecule has 0 spiro atoms. The van der Waals surface area contributed by atoms with Gasteiger partial charge in [0.25, 0.3) is 11.5 Å². The van der Waals surface area contributed by atoms with Gasteiger partial charge in [0.15, 0.2) is 11.0 Å². The highest BCUT2D eigenvalue weighted by Crippen LogP contribution is 2.27. The van der Waals surface area contributed by atoms with Gasteiger partial charge in [0.2, 0.25) is 5.95 Å². The van der Waals surface area contributed by atoms with Crippen molar-refractivity contribution in [3.05, 3.63) is 85.9 Å². The average molecular weight is 403 g/mol. The lowest BCUT2D eigenvalue weighted by Crippen LogP contribution is -2.32. The number of carbonyl (C=O) groups excluding carboxylic acids is 1. The molecular weight excluding hydrogens is 386 g/mol. The standard InChI is InChI=1S/C21H17N5O4/c1-11-16(27)14-9-6-10-15(18(14)30-17(11)13-7-4-3-5-8-13)20(29)24-26-21-22-19(28)12(2)23-25-21/h3-10H,1-2H3,(H,24,29)(H2,22,25,26,28). The van der Waals surface area contributed by atoms with Crippen LogP contribution >= 0.6 is 0 Å². The molecule has 0 saturated heterocycles. The fraction of sp³-hybridized carbons (Fsp3) is 0.0952. The molecule has 1 amide bonds. The van der Waals surface area contributed by atoms with Crippen LogP contribution in [0.15, 0.2) is 62.5 Å². The normalized spacial score (nSPS) is 10.7. The topological polar surface area (TPSA) is 130 Å². The molecule has 0 aliphatic rings. The summed E-state index contributed by atoms with van der Waals surface area (Å²) in [6.07, 6.45) is 0. The number of aryl methyl sites for hydroxylation is 1. The number of anilines is 1. The number of hydrazine groups is 1. The molecular formula is C21H17N5O4. The Morgan fingerprint density at radius 1 is 1.00 bits per heavy atom. The van der Waals surface area contributed by atoms with Gasteiger partial charge in [0.1, 0.15) is 11.5 Å². The van der Waals surface area contributed by atoms with Crippen molar-refractivity contribution in [1.29, 1.82) is 0 Å². The molecule has 0 saturated carbocycles. The number of nitrogens with zero attached hydrogens (tertiary/aromatic N) is 2. The maximum atomic E-state index is 12.9. The highest BCUT2D eigenvalue weighted by atomic mass is 16.3. The second-order valence-electron chi connectivity index (χ2n) is 6.60. The zero-order valence-corrected chi connectivity index (χ0v) is 16.1. The molecule has 30 heavy (non-hydrogen) atoms.